The molecule has 2 atom stereocenters. The summed E-state index contributed by atoms with van der Waals surface area (Å²) in [4.78, 5) is 16.4. The Morgan fingerprint density at radius 2 is 2.05 bits per heavy atom. The van der Waals surface area contributed by atoms with E-state index in [4.69, 9.17) is 23.2 Å². The third-order valence-corrected chi connectivity index (χ3v) is 5.94. The van der Waals surface area contributed by atoms with Crippen LogP contribution in [0.1, 0.15) is 45.4 Å². The molecule has 20 heavy (non-hydrogen) atoms. The second-order valence-electron chi connectivity index (χ2n) is 6.69. The van der Waals surface area contributed by atoms with Gasteiger partial charge in [-0.3, -0.25) is 9.69 Å². The molecule has 1 heterocycles. The SMILES string of the molecule is CC(=O)N(C[C@@H]1CCCN1CC[C@H]1CC1(Cl)Cl)C1CC1. The van der Waals surface area contributed by atoms with Gasteiger partial charge in [-0.05, 0) is 57.5 Å². The van der Waals surface area contributed by atoms with Gasteiger partial charge >= 0.3 is 0 Å². The van der Waals surface area contributed by atoms with Crippen LogP contribution in [-0.2, 0) is 4.79 Å². The number of carbonyl (C=O) groups excluding carboxylic acids is 1. The minimum absolute atomic E-state index is 0.238. The lowest BCUT2D eigenvalue weighted by atomic mass is 10.2. The van der Waals surface area contributed by atoms with Gasteiger partial charge in [-0.1, -0.05) is 0 Å². The van der Waals surface area contributed by atoms with E-state index in [1.165, 1.54) is 25.7 Å². The highest BCUT2D eigenvalue weighted by atomic mass is 35.5. The topological polar surface area (TPSA) is 23.6 Å². The Bertz CT molecular complexity index is 384. The summed E-state index contributed by atoms with van der Waals surface area (Å²) in [5.41, 5.74) is 0. The lowest BCUT2D eigenvalue weighted by Gasteiger charge is -2.30. The van der Waals surface area contributed by atoms with Crippen molar-refractivity contribution in [2.75, 3.05) is 19.6 Å². The van der Waals surface area contributed by atoms with E-state index in [1.54, 1.807) is 6.92 Å². The Kier molecular flexibility index (Phi) is 4.22. The summed E-state index contributed by atoms with van der Waals surface area (Å²) in [5.74, 6) is 0.710. The van der Waals surface area contributed by atoms with Gasteiger partial charge in [0, 0.05) is 25.6 Å². The predicted molar refractivity (Wildman–Crippen MR) is 82.2 cm³/mol. The van der Waals surface area contributed by atoms with Gasteiger partial charge in [0.05, 0.1) is 0 Å². The summed E-state index contributed by atoms with van der Waals surface area (Å²) in [6, 6.07) is 1.06. The van der Waals surface area contributed by atoms with Gasteiger partial charge in [0.25, 0.3) is 0 Å². The first-order valence-electron chi connectivity index (χ1n) is 7.86. The second-order valence-corrected chi connectivity index (χ2v) is 8.23. The number of halogens is 2. The van der Waals surface area contributed by atoms with Gasteiger partial charge in [0.1, 0.15) is 4.33 Å². The number of hydrogen-bond donors (Lipinski definition) is 0. The third-order valence-electron chi connectivity index (χ3n) is 5.02. The Balaban J connectivity index is 1.48. The van der Waals surface area contributed by atoms with Gasteiger partial charge in [0.2, 0.25) is 5.91 Å². The van der Waals surface area contributed by atoms with Crippen LogP contribution >= 0.6 is 23.2 Å². The lowest BCUT2D eigenvalue weighted by Crippen LogP contribution is -2.43. The highest BCUT2D eigenvalue weighted by Gasteiger charge is 2.51. The van der Waals surface area contributed by atoms with Crippen LogP contribution in [0, 0.1) is 5.92 Å². The zero-order chi connectivity index (χ0) is 14.3. The van der Waals surface area contributed by atoms with Crippen molar-refractivity contribution in [3.63, 3.8) is 0 Å². The molecular formula is C15H24Cl2N2O. The number of hydrogen-bond acceptors (Lipinski definition) is 2. The molecule has 0 aromatic rings. The molecule has 1 amide bonds. The second kappa shape index (κ2) is 5.66. The molecule has 0 aromatic heterocycles. The van der Waals surface area contributed by atoms with Gasteiger partial charge in [-0.25, -0.2) is 0 Å². The summed E-state index contributed by atoms with van der Waals surface area (Å²) in [6.45, 7) is 4.85. The van der Waals surface area contributed by atoms with Crippen molar-refractivity contribution in [1.29, 1.82) is 0 Å². The van der Waals surface area contributed by atoms with Crippen LogP contribution in [0.2, 0.25) is 0 Å². The Morgan fingerprint density at radius 3 is 2.60 bits per heavy atom. The van der Waals surface area contributed by atoms with Crippen molar-refractivity contribution in [2.45, 2.75) is 61.9 Å². The largest absolute Gasteiger partial charge is 0.338 e. The van der Waals surface area contributed by atoms with Crippen LogP contribution in [0.25, 0.3) is 0 Å². The minimum atomic E-state index is -0.450. The maximum atomic E-state index is 11.8. The van der Waals surface area contributed by atoms with Gasteiger partial charge in [-0.2, -0.15) is 0 Å². The van der Waals surface area contributed by atoms with Crippen molar-refractivity contribution >= 4 is 29.1 Å². The average molecular weight is 319 g/mol. The van der Waals surface area contributed by atoms with E-state index in [0.29, 0.717) is 18.0 Å². The highest BCUT2D eigenvalue weighted by molar-refractivity contribution is 6.50. The van der Waals surface area contributed by atoms with Crippen molar-refractivity contribution in [3.05, 3.63) is 0 Å². The number of rotatable bonds is 6. The molecule has 1 aliphatic heterocycles. The lowest BCUT2D eigenvalue weighted by molar-refractivity contribution is -0.130. The Labute approximate surface area is 131 Å². The Hall–Kier alpha value is 0.01000. The maximum absolute atomic E-state index is 11.8. The fourth-order valence-corrected chi connectivity index (χ4v) is 4.04. The summed E-state index contributed by atoms with van der Waals surface area (Å²) >= 11 is 12.2. The first-order chi connectivity index (χ1) is 9.47. The fraction of sp³-hybridized carbons (Fsp3) is 0.933. The van der Waals surface area contributed by atoms with Gasteiger partial charge in [0.15, 0.2) is 0 Å². The number of amides is 1. The molecule has 3 nitrogen and oxygen atoms in total. The fourth-order valence-electron chi connectivity index (χ4n) is 3.45. The molecule has 0 unspecified atom stereocenters. The van der Waals surface area contributed by atoms with E-state index in [1.807, 2.05) is 0 Å². The molecule has 5 heteroatoms. The van der Waals surface area contributed by atoms with E-state index in [-0.39, 0.29) is 5.91 Å². The summed E-state index contributed by atoms with van der Waals surface area (Å²) in [7, 11) is 0. The van der Waals surface area contributed by atoms with Crippen LogP contribution in [0.4, 0.5) is 0 Å². The molecule has 2 saturated carbocycles. The minimum Gasteiger partial charge on any atom is -0.338 e. The van der Waals surface area contributed by atoms with Crippen molar-refractivity contribution in [3.8, 4) is 0 Å². The number of alkyl halides is 2. The van der Waals surface area contributed by atoms with Crippen LogP contribution in [0.15, 0.2) is 0 Å². The molecule has 3 aliphatic rings. The molecule has 114 valence electrons. The number of nitrogens with zero attached hydrogens (tertiary/aromatic N) is 2. The zero-order valence-electron chi connectivity index (χ0n) is 12.2. The summed E-state index contributed by atoms with van der Waals surface area (Å²) in [6.07, 6.45) is 6.88. The predicted octanol–water partition coefficient (Wildman–Crippen LogP) is 3.05. The molecule has 0 radical (unpaired) electrons. The molecule has 2 aliphatic carbocycles. The van der Waals surface area contributed by atoms with E-state index in [9.17, 15) is 4.79 Å². The normalized spacial score (nSPS) is 32.4. The van der Waals surface area contributed by atoms with E-state index in [0.717, 1.165) is 32.5 Å². The van der Waals surface area contributed by atoms with Crippen LogP contribution < -0.4 is 0 Å². The van der Waals surface area contributed by atoms with E-state index < -0.39 is 4.33 Å². The monoisotopic (exact) mass is 318 g/mol. The molecular weight excluding hydrogens is 295 g/mol. The zero-order valence-corrected chi connectivity index (χ0v) is 13.7. The molecule has 3 fully saturated rings. The van der Waals surface area contributed by atoms with Crippen LogP contribution in [0.5, 0.6) is 0 Å². The molecule has 0 spiro atoms. The first-order valence-corrected chi connectivity index (χ1v) is 8.62. The standard InChI is InChI=1S/C15H24Cl2N2O/c1-11(20)19(13-4-5-13)10-14-3-2-7-18(14)8-6-12-9-15(12,16)17/h12-14H,2-10H2,1H3/t12-,14-/m0/s1. The quantitative estimate of drug-likeness (QED) is 0.703. The van der Waals surface area contributed by atoms with Crippen molar-refractivity contribution < 1.29 is 4.79 Å². The third kappa shape index (κ3) is 3.42. The van der Waals surface area contributed by atoms with Gasteiger partial charge < -0.3 is 4.90 Å². The Morgan fingerprint density at radius 1 is 1.35 bits per heavy atom. The molecule has 1 saturated heterocycles. The first kappa shape index (κ1) is 14.9. The number of likely N-dealkylation sites (tertiary alicyclic amines) is 1. The maximum Gasteiger partial charge on any atom is 0.219 e. The molecule has 3 rings (SSSR count). The summed E-state index contributed by atoms with van der Waals surface area (Å²) < 4.78 is -0.450. The van der Waals surface area contributed by atoms with Crippen molar-refractivity contribution in [1.82, 2.24) is 9.80 Å². The summed E-state index contributed by atoms with van der Waals surface area (Å²) in [5, 5.41) is 0. The smallest absolute Gasteiger partial charge is 0.219 e. The number of carbonyl (C=O) groups is 1. The van der Waals surface area contributed by atoms with E-state index in [2.05, 4.69) is 9.80 Å². The molecule has 0 bridgehead atoms. The van der Waals surface area contributed by atoms with Crippen molar-refractivity contribution in [2.24, 2.45) is 5.92 Å². The molecule has 0 aromatic carbocycles. The molecule has 0 N–H and O–H groups in total. The van der Waals surface area contributed by atoms with Crippen LogP contribution in [0.3, 0.4) is 0 Å². The van der Waals surface area contributed by atoms with Gasteiger partial charge in [-0.15, -0.1) is 23.2 Å². The van der Waals surface area contributed by atoms with Crippen LogP contribution in [-0.4, -0.2) is 51.8 Å². The average Bonchev–Trinajstić information content (AvgIpc) is 3.25. The highest BCUT2D eigenvalue weighted by Crippen LogP contribution is 2.55. The van der Waals surface area contributed by atoms with E-state index >= 15 is 0 Å².